The van der Waals surface area contributed by atoms with Gasteiger partial charge in [0.2, 0.25) is 0 Å². The SMILES string of the molecule is CCNCc1cccc(CC(F)(F)F)c1. The largest absolute Gasteiger partial charge is 0.393 e. The highest BCUT2D eigenvalue weighted by Crippen LogP contribution is 2.21. The Morgan fingerprint density at radius 3 is 2.47 bits per heavy atom. The molecule has 1 rings (SSSR count). The van der Waals surface area contributed by atoms with Gasteiger partial charge in [-0.1, -0.05) is 31.2 Å². The van der Waals surface area contributed by atoms with Crippen LogP contribution in [-0.2, 0) is 13.0 Å². The standard InChI is InChI=1S/C11H14F3N/c1-2-15-8-10-5-3-4-9(6-10)7-11(12,13)14/h3-6,15H,2,7-8H2,1H3. The highest BCUT2D eigenvalue weighted by molar-refractivity contribution is 5.24. The molecular formula is C11H14F3N. The molecule has 0 atom stereocenters. The van der Waals surface area contributed by atoms with E-state index < -0.39 is 12.6 Å². The van der Waals surface area contributed by atoms with E-state index >= 15 is 0 Å². The third kappa shape index (κ3) is 4.83. The van der Waals surface area contributed by atoms with Gasteiger partial charge in [-0.15, -0.1) is 0 Å². The van der Waals surface area contributed by atoms with Crippen LogP contribution in [0.2, 0.25) is 0 Å². The van der Waals surface area contributed by atoms with Gasteiger partial charge in [-0.05, 0) is 17.7 Å². The third-order valence-corrected chi connectivity index (χ3v) is 1.98. The van der Waals surface area contributed by atoms with Gasteiger partial charge in [0, 0.05) is 6.54 Å². The summed E-state index contributed by atoms with van der Waals surface area (Å²) in [5, 5.41) is 3.07. The van der Waals surface area contributed by atoms with Crippen LogP contribution >= 0.6 is 0 Å². The smallest absolute Gasteiger partial charge is 0.313 e. The molecule has 1 nitrogen and oxygen atoms in total. The second-order valence-corrected chi connectivity index (χ2v) is 3.39. The summed E-state index contributed by atoms with van der Waals surface area (Å²) in [6, 6.07) is 6.58. The lowest BCUT2D eigenvalue weighted by Crippen LogP contribution is -2.14. The van der Waals surface area contributed by atoms with E-state index in [-0.39, 0.29) is 0 Å². The van der Waals surface area contributed by atoms with Gasteiger partial charge >= 0.3 is 6.18 Å². The molecule has 15 heavy (non-hydrogen) atoms. The number of halogens is 3. The summed E-state index contributed by atoms with van der Waals surface area (Å²) in [6.45, 7) is 3.38. The molecule has 0 aliphatic heterocycles. The first-order valence-electron chi connectivity index (χ1n) is 4.86. The van der Waals surface area contributed by atoms with E-state index in [4.69, 9.17) is 0 Å². The molecule has 0 saturated heterocycles. The first-order chi connectivity index (χ1) is 7.01. The molecule has 0 fully saturated rings. The van der Waals surface area contributed by atoms with E-state index in [1.807, 2.05) is 13.0 Å². The maximum Gasteiger partial charge on any atom is 0.393 e. The van der Waals surface area contributed by atoms with Gasteiger partial charge in [0.1, 0.15) is 0 Å². The number of alkyl halides is 3. The van der Waals surface area contributed by atoms with Crippen molar-refractivity contribution in [1.82, 2.24) is 5.32 Å². The Balaban J connectivity index is 2.66. The molecule has 0 spiro atoms. The van der Waals surface area contributed by atoms with Gasteiger partial charge in [0.05, 0.1) is 6.42 Å². The number of hydrogen-bond acceptors (Lipinski definition) is 1. The fourth-order valence-electron chi connectivity index (χ4n) is 1.35. The topological polar surface area (TPSA) is 12.0 Å². The Morgan fingerprint density at radius 2 is 1.87 bits per heavy atom. The zero-order chi connectivity index (χ0) is 11.3. The molecule has 0 bridgehead atoms. The lowest BCUT2D eigenvalue weighted by Gasteiger charge is -2.08. The van der Waals surface area contributed by atoms with Crippen LogP contribution in [0.5, 0.6) is 0 Å². The maximum atomic E-state index is 12.1. The van der Waals surface area contributed by atoms with Crippen molar-refractivity contribution in [3.8, 4) is 0 Å². The molecule has 1 aromatic carbocycles. The van der Waals surface area contributed by atoms with E-state index in [1.165, 1.54) is 6.07 Å². The lowest BCUT2D eigenvalue weighted by atomic mass is 10.1. The molecule has 0 heterocycles. The zero-order valence-electron chi connectivity index (χ0n) is 8.56. The van der Waals surface area contributed by atoms with Crippen LogP contribution in [0.4, 0.5) is 13.2 Å². The summed E-state index contributed by atoms with van der Waals surface area (Å²) in [6.07, 6.45) is -4.98. The van der Waals surface area contributed by atoms with Crippen LogP contribution in [0.15, 0.2) is 24.3 Å². The van der Waals surface area contributed by atoms with Crippen molar-refractivity contribution >= 4 is 0 Å². The van der Waals surface area contributed by atoms with Crippen molar-refractivity contribution in [1.29, 1.82) is 0 Å². The van der Waals surface area contributed by atoms with Gasteiger partial charge < -0.3 is 5.32 Å². The summed E-state index contributed by atoms with van der Waals surface area (Å²) >= 11 is 0. The highest BCUT2D eigenvalue weighted by Gasteiger charge is 2.27. The van der Waals surface area contributed by atoms with Crippen LogP contribution in [0.25, 0.3) is 0 Å². The Kier molecular flexibility index (Phi) is 4.15. The first kappa shape index (κ1) is 12.0. The molecule has 1 N–H and O–H groups in total. The van der Waals surface area contributed by atoms with Gasteiger partial charge in [0.25, 0.3) is 0 Å². The van der Waals surface area contributed by atoms with Crippen LogP contribution in [-0.4, -0.2) is 12.7 Å². The van der Waals surface area contributed by atoms with Crippen LogP contribution < -0.4 is 5.32 Å². The number of benzene rings is 1. The van der Waals surface area contributed by atoms with E-state index in [2.05, 4.69) is 5.32 Å². The fourth-order valence-corrected chi connectivity index (χ4v) is 1.35. The van der Waals surface area contributed by atoms with E-state index in [9.17, 15) is 13.2 Å². The second kappa shape index (κ2) is 5.16. The highest BCUT2D eigenvalue weighted by atomic mass is 19.4. The Bertz CT molecular complexity index is 307. The lowest BCUT2D eigenvalue weighted by molar-refractivity contribution is -0.127. The van der Waals surface area contributed by atoms with E-state index in [0.29, 0.717) is 12.1 Å². The molecule has 0 aromatic heterocycles. The normalized spacial score (nSPS) is 11.7. The summed E-state index contributed by atoms with van der Waals surface area (Å²) in [5.74, 6) is 0. The number of nitrogens with one attached hydrogen (secondary N) is 1. The van der Waals surface area contributed by atoms with Crippen LogP contribution in [0.3, 0.4) is 0 Å². The van der Waals surface area contributed by atoms with Crippen molar-refractivity contribution in [2.24, 2.45) is 0 Å². The molecule has 4 heteroatoms. The molecule has 0 aliphatic carbocycles. The monoisotopic (exact) mass is 217 g/mol. The quantitative estimate of drug-likeness (QED) is 0.817. The van der Waals surface area contributed by atoms with Gasteiger partial charge in [-0.25, -0.2) is 0 Å². The molecule has 0 radical (unpaired) electrons. The summed E-state index contributed by atoms with van der Waals surface area (Å²) in [7, 11) is 0. The number of hydrogen-bond donors (Lipinski definition) is 1. The van der Waals surface area contributed by atoms with Crippen molar-refractivity contribution < 1.29 is 13.2 Å². The van der Waals surface area contributed by atoms with Crippen molar-refractivity contribution in [3.05, 3.63) is 35.4 Å². The van der Waals surface area contributed by atoms with E-state index in [0.717, 1.165) is 12.1 Å². The predicted octanol–water partition coefficient (Wildman–Crippen LogP) is 2.90. The second-order valence-electron chi connectivity index (χ2n) is 3.39. The molecule has 0 unspecified atom stereocenters. The predicted molar refractivity (Wildman–Crippen MR) is 53.6 cm³/mol. The number of rotatable bonds is 4. The summed E-state index contributed by atoms with van der Waals surface area (Å²) in [4.78, 5) is 0. The van der Waals surface area contributed by atoms with Crippen molar-refractivity contribution in [2.45, 2.75) is 26.1 Å². The summed E-state index contributed by atoms with van der Waals surface area (Å²) < 4.78 is 36.3. The molecular weight excluding hydrogens is 203 g/mol. The molecule has 1 aromatic rings. The maximum absolute atomic E-state index is 12.1. The summed E-state index contributed by atoms with van der Waals surface area (Å²) in [5.41, 5.74) is 1.21. The molecule has 84 valence electrons. The Morgan fingerprint density at radius 1 is 1.20 bits per heavy atom. The minimum absolute atomic E-state index is 0.318. The molecule has 0 aliphatic rings. The molecule has 0 amide bonds. The average Bonchev–Trinajstić information content (AvgIpc) is 2.12. The minimum atomic E-state index is -4.13. The van der Waals surface area contributed by atoms with Gasteiger partial charge in [-0.2, -0.15) is 13.2 Å². The Labute approximate surface area is 87.3 Å². The van der Waals surface area contributed by atoms with Gasteiger partial charge in [-0.3, -0.25) is 0 Å². The van der Waals surface area contributed by atoms with E-state index in [1.54, 1.807) is 12.1 Å². The van der Waals surface area contributed by atoms with Crippen molar-refractivity contribution in [3.63, 3.8) is 0 Å². The minimum Gasteiger partial charge on any atom is -0.313 e. The van der Waals surface area contributed by atoms with Crippen LogP contribution in [0.1, 0.15) is 18.1 Å². The third-order valence-electron chi connectivity index (χ3n) is 1.98. The Hall–Kier alpha value is -1.03. The van der Waals surface area contributed by atoms with Gasteiger partial charge in [0.15, 0.2) is 0 Å². The van der Waals surface area contributed by atoms with Crippen molar-refractivity contribution in [2.75, 3.05) is 6.54 Å². The molecule has 0 saturated carbocycles. The average molecular weight is 217 g/mol. The van der Waals surface area contributed by atoms with Crippen LogP contribution in [0, 0.1) is 0 Å². The zero-order valence-corrected chi connectivity index (χ0v) is 8.56. The fraction of sp³-hybridized carbons (Fsp3) is 0.455. The first-order valence-corrected chi connectivity index (χ1v) is 4.86.